The molecule has 0 heterocycles. The Hall–Kier alpha value is -2.69. The van der Waals surface area contributed by atoms with E-state index in [0.717, 1.165) is 16.8 Å². The topological polar surface area (TPSA) is 73.6 Å². The second-order valence-electron chi connectivity index (χ2n) is 5.31. The van der Waals surface area contributed by atoms with Gasteiger partial charge in [0.15, 0.2) is 11.5 Å². The van der Waals surface area contributed by atoms with Crippen LogP contribution in [0.2, 0.25) is 0 Å². The van der Waals surface area contributed by atoms with Gasteiger partial charge in [0.05, 0.1) is 14.2 Å². The molecule has 0 saturated heterocycles. The largest absolute Gasteiger partial charge is 0.493 e. The summed E-state index contributed by atoms with van der Waals surface area (Å²) in [7, 11) is 3.13. The molecule has 2 aromatic rings. The number of carbonyl (C=O) groups is 1. The Morgan fingerprint density at radius 3 is 2.48 bits per heavy atom. The highest BCUT2D eigenvalue weighted by Crippen LogP contribution is 2.29. The van der Waals surface area contributed by atoms with Crippen LogP contribution in [-0.4, -0.2) is 20.1 Å². The molecule has 5 nitrogen and oxygen atoms in total. The van der Waals surface area contributed by atoms with Crippen LogP contribution in [0.25, 0.3) is 0 Å². The number of hydrogen-bond acceptors (Lipinski definition) is 4. The number of anilines is 2. The molecule has 0 atom stereocenters. The lowest BCUT2D eigenvalue weighted by atomic mass is 10.1. The van der Waals surface area contributed by atoms with Gasteiger partial charge < -0.3 is 20.5 Å². The fraction of sp³-hybridized carbons (Fsp3) is 0.278. The van der Waals surface area contributed by atoms with Gasteiger partial charge in [-0.3, -0.25) is 4.79 Å². The molecule has 0 aromatic heterocycles. The first-order valence-corrected chi connectivity index (χ1v) is 7.40. The molecule has 2 aromatic carbocycles. The number of methoxy groups -OCH3 is 2. The number of nitrogens with one attached hydrogen (secondary N) is 1. The highest BCUT2D eigenvalue weighted by molar-refractivity contribution is 5.91. The molecule has 0 saturated carbocycles. The third kappa shape index (κ3) is 4.39. The van der Waals surface area contributed by atoms with Gasteiger partial charge in [-0.2, -0.15) is 0 Å². The van der Waals surface area contributed by atoms with E-state index in [4.69, 9.17) is 15.2 Å². The lowest BCUT2D eigenvalue weighted by Gasteiger charge is -2.11. The molecule has 23 heavy (non-hydrogen) atoms. The molecule has 0 aliphatic rings. The van der Waals surface area contributed by atoms with Crippen LogP contribution in [-0.2, 0) is 11.2 Å². The van der Waals surface area contributed by atoms with Gasteiger partial charge in [0.1, 0.15) is 0 Å². The van der Waals surface area contributed by atoms with Gasteiger partial charge in [-0.1, -0.05) is 12.1 Å². The average molecular weight is 314 g/mol. The molecule has 0 fully saturated rings. The smallest absolute Gasteiger partial charge is 0.224 e. The van der Waals surface area contributed by atoms with E-state index in [1.54, 1.807) is 32.4 Å². The molecule has 0 aliphatic heterocycles. The summed E-state index contributed by atoms with van der Waals surface area (Å²) in [6.07, 6.45) is 1.03. The van der Waals surface area contributed by atoms with Crippen LogP contribution in [0.1, 0.15) is 17.5 Å². The first-order chi connectivity index (χ1) is 11.0. The van der Waals surface area contributed by atoms with E-state index in [-0.39, 0.29) is 5.91 Å². The first-order valence-electron chi connectivity index (χ1n) is 7.40. The van der Waals surface area contributed by atoms with Crippen molar-refractivity contribution in [2.45, 2.75) is 19.8 Å². The monoisotopic (exact) mass is 314 g/mol. The van der Waals surface area contributed by atoms with E-state index in [2.05, 4.69) is 5.32 Å². The fourth-order valence-corrected chi connectivity index (χ4v) is 2.24. The van der Waals surface area contributed by atoms with Gasteiger partial charge in [0.25, 0.3) is 0 Å². The normalized spacial score (nSPS) is 10.2. The average Bonchev–Trinajstić information content (AvgIpc) is 2.55. The van der Waals surface area contributed by atoms with Crippen LogP contribution in [0.15, 0.2) is 36.4 Å². The van der Waals surface area contributed by atoms with Crippen LogP contribution in [0.5, 0.6) is 11.5 Å². The SMILES string of the molecule is COc1ccc(NC(=O)CCc2ccc(C)c(N)c2)cc1OC. The highest BCUT2D eigenvalue weighted by Gasteiger charge is 2.08. The van der Waals surface area contributed by atoms with Crippen LogP contribution in [0.4, 0.5) is 11.4 Å². The first kappa shape index (κ1) is 16.7. The number of nitrogen functional groups attached to an aromatic ring is 1. The number of hydrogen-bond donors (Lipinski definition) is 2. The van der Waals surface area contributed by atoms with Crippen LogP contribution >= 0.6 is 0 Å². The van der Waals surface area contributed by atoms with Gasteiger partial charge in [-0.15, -0.1) is 0 Å². The van der Waals surface area contributed by atoms with Crippen molar-refractivity contribution in [2.24, 2.45) is 0 Å². The van der Waals surface area contributed by atoms with Gasteiger partial charge in [-0.25, -0.2) is 0 Å². The summed E-state index contributed by atoms with van der Waals surface area (Å²) in [5.41, 5.74) is 9.41. The summed E-state index contributed by atoms with van der Waals surface area (Å²) in [5, 5.41) is 2.86. The molecule has 0 radical (unpaired) electrons. The van der Waals surface area contributed by atoms with Crippen molar-refractivity contribution in [3.63, 3.8) is 0 Å². The van der Waals surface area contributed by atoms with Crippen molar-refractivity contribution in [3.05, 3.63) is 47.5 Å². The van der Waals surface area contributed by atoms with Crippen LogP contribution in [0.3, 0.4) is 0 Å². The number of ether oxygens (including phenoxy) is 2. The van der Waals surface area contributed by atoms with Crippen molar-refractivity contribution in [1.29, 1.82) is 0 Å². The number of amides is 1. The standard InChI is InChI=1S/C18H22N2O3/c1-12-4-5-13(10-15(12)19)6-9-18(21)20-14-7-8-16(22-2)17(11-14)23-3/h4-5,7-8,10-11H,6,9,19H2,1-3H3,(H,20,21). The Balaban J connectivity index is 1.95. The van der Waals surface area contributed by atoms with E-state index in [0.29, 0.717) is 30.0 Å². The van der Waals surface area contributed by atoms with Crippen molar-refractivity contribution >= 4 is 17.3 Å². The molecule has 0 aliphatic carbocycles. The number of benzene rings is 2. The molecule has 0 spiro atoms. The third-order valence-electron chi connectivity index (χ3n) is 3.65. The van der Waals surface area contributed by atoms with E-state index < -0.39 is 0 Å². The Morgan fingerprint density at radius 2 is 1.83 bits per heavy atom. The summed E-state index contributed by atoms with van der Waals surface area (Å²) in [5.74, 6) is 1.15. The van der Waals surface area contributed by atoms with Gasteiger partial charge in [0, 0.05) is 23.9 Å². The van der Waals surface area contributed by atoms with Crippen LogP contribution in [0, 0.1) is 6.92 Å². The van der Waals surface area contributed by atoms with E-state index in [1.807, 2.05) is 25.1 Å². The maximum Gasteiger partial charge on any atom is 0.224 e. The minimum atomic E-state index is -0.0589. The number of nitrogens with two attached hydrogens (primary N) is 1. The number of rotatable bonds is 6. The maximum absolute atomic E-state index is 12.1. The Labute approximate surface area is 136 Å². The summed E-state index contributed by atoms with van der Waals surface area (Å²) >= 11 is 0. The fourth-order valence-electron chi connectivity index (χ4n) is 2.24. The predicted molar refractivity (Wildman–Crippen MR) is 92.1 cm³/mol. The molecule has 3 N–H and O–H groups in total. The molecular weight excluding hydrogens is 292 g/mol. The number of aryl methyl sites for hydroxylation is 2. The van der Waals surface area contributed by atoms with Crippen molar-refractivity contribution in [2.75, 3.05) is 25.3 Å². The van der Waals surface area contributed by atoms with Crippen LogP contribution < -0.4 is 20.5 Å². The summed E-state index contributed by atoms with van der Waals surface area (Å²) in [6, 6.07) is 11.2. The zero-order valence-corrected chi connectivity index (χ0v) is 13.7. The Kier molecular flexibility index (Phi) is 5.46. The molecule has 2 rings (SSSR count). The Bertz CT molecular complexity index is 699. The molecule has 5 heteroatoms. The van der Waals surface area contributed by atoms with E-state index in [1.165, 1.54) is 0 Å². The zero-order valence-electron chi connectivity index (χ0n) is 13.7. The predicted octanol–water partition coefficient (Wildman–Crippen LogP) is 3.17. The molecule has 122 valence electrons. The third-order valence-corrected chi connectivity index (χ3v) is 3.65. The van der Waals surface area contributed by atoms with Crippen molar-refractivity contribution in [3.8, 4) is 11.5 Å². The number of carbonyl (C=O) groups excluding carboxylic acids is 1. The van der Waals surface area contributed by atoms with Gasteiger partial charge >= 0.3 is 0 Å². The molecular formula is C18H22N2O3. The summed E-state index contributed by atoms with van der Waals surface area (Å²) in [4.78, 5) is 12.1. The second-order valence-corrected chi connectivity index (χ2v) is 5.31. The molecule has 1 amide bonds. The maximum atomic E-state index is 12.1. The highest BCUT2D eigenvalue weighted by atomic mass is 16.5. The van der Waals surface area contributed by atoms with Crippen molar-refractivity contribution < 1.29 is 14.3 Å². The summed E-state index contributed by atoms with van der Waals surface area (Å²) < 4.78 is 10.4. The Morgan fingerprint density at radius 1 is 1.09 bits per heavy atom. The van der Waals surface area contributed by atoms with E-state index >= 15 is 0 Å². The van der Waals surface area contributed by atoms with Gasteiger partial charge in [-0.05, 0) is 42.7 Å². The minimum absolute atomic E-state index is 0.0589. The lowest BCUT2D eigenvalue weighted by molar-refractivity contribution is -0.116. The quantitative estimate of drug-likeness (QED) is 0.803. The summed E-state index contributed by atoms with van der Waals surface area (Å²) in [6.45, 7) is 1.96. The molecule has 0 unspecified atom stereocenters. The molecule has 0 bridgehead atoms. The second kappa shape index (κ2) is 7.54. The zero-order chi connectivity index (χ0) is 16.8. The lowest BCUT2D eigenvalue weighted by Crippen LogP contribution is -2.12. The van der Waals surface area contributed by atoms with E-state index in [9.17, 15) is 4.79 Å². The van der Waals surface area contributed by atoms with Gasteiger partial charge in [0.2, 0.25) is 5.91 Å². The minimum Gasteiger partial charge on any atom is -0.493 e. The van der Waals surface area contributed by atoms with Crippen molar-refractivity contribution in [1.82, 2.24) is 0 Å².